The second-order valence-electron chi connectivity index (χ2n) is 13.2. The van der Waals surface area contributed by atoms with Gasteiger partial charge in [0.25, 0.3) is 0 Å². The highest BCUT2D eigenvalue weighted by Crippen LogP contribution is 2.52. The summed E-state index contributed by atoms with van der Waals surface area (Å²) in [6, 6.07) is 0.372. The monoisotopic (exact) mass is 597 g/mol. The Morgan fingerprint density at radius 3 is 2.33 bits per heavy atom. The molecule has 0 saturated heterocycles. The Hall–Kier alpha value is -3.15. The van der Waals surface area contributed by atoms with Gasteiger partial charge in [-0.15, -0.1) is 0 Å². The van der Waals surface area contributed by atoms with Gasteiger partial charge in [-0.25, -0.2) is 0 Å². The van der Waals surface area contributed by atoms with Crippen LogP contribution in [-0.2, 0) is 32.1 Å². The molecule has 2 unspecified atom stereocenters. The molecule has 1 aromatic rings. The van der Waals surface area contributed by atoms with Crippen molar-refractivity contribution in [1.29, 1.82) is 0 Å². The van der Waals surface area contributed by atoms with E-state index in [4.69, 9.17) is 10.5 Å². The number of carbonyl (C=O) groups is 5. The molecule has 3 saturated carbocycles. The van der Waals surface area contributed by atoms with Crippen molar-refractivity contribution in [2.75, 3.05) is 34.3 Å². The molecule has 234 valence electrons. The van der Waals surface area contributed by atoms with E-state index in [0.29, 0.717) is 17.9 Å². The summed E-state index contributed by atoms with van der Waals surface area (Å²) in [5.41, 5.74) is 4.09. The number of Topliss-reactive ketones (excluding diaryl/α,β-unsaturated/α-hetero) is 4. The van der Waals surface area contributed by atoms with Crippen molar-refractivity contribution in [1.82, 2.24) is 9.80 Å². The van der Waals surface area contributed by atoms with Gasteiger partial charge in [0.15, 0.2) is 34.7 Å². The summed E-state index contributed by atoms with van der Waals surface area (Å²) in [7, 11) is 4.64. The highest BCUT2D eigenvalue weighted by molar-refractivity contribution is 6.32. The predicted molar refractivity (Wildman–Crippen MR) is 155 cm³/mol. The first-order chi connectivity index (χ1) is 20.3. The van der Waals surface area contributed by atoms with Crippen LogP contribution in [0.1, 0.15) is 67.4 Å². The van der Waals surface area contributed by atoms with Crippen LogP contribution in [0.3, 0.4) is 0 Å². The Balaban J connectivity index is 1.55. The molecule has 0 radical (unpaired) electrons. The number of aliphatic hydroxyl groups is 1. The Labute approximate surface area is 251 Å². The first-order valence-corrected chi connectivity index (χ1v) is 15.2. The van der Waals surface area contributed by atoms with E-state index in [2.05, 4.69) is 18.7 Å². The minimum Gasteiger partial charge on any atom is -0.507 e. The van der Waals surface area contributed by atoms with E-state index in [9.17, 15) is 34.2 Å². The highest BCUT2D eigenvalue weighted by atomic mass is 16.5. The summed E-state index contributed by atoms with van der Waals surface area (Å²) in [4.78, 5) is 70.7. The second-order valence-corrected chi connectivity index (χ2v) is 13.2. The molecular formula is C32H43N3O8. The van der Waals surface area contributed by atoms with Gasteiger partial charge in [0, 0.05) is 30.1 Å². The zero-order valence-electron chi connectivity index (χ0n) is 25.6. The van der Waals surface area contributed by atoms with E-state index in [0.717, 1.165) is 25.1 Å². The SMILES string of the molecule is CCN(Cc1cc(O)c2c(c1OC)C[C@H]1C[C@H]3[C@H](N(C)C)C(=O)C(C(N)=O)C(=O)[C@@]3(O)C(=O)C1C2=O)CC1(CC)CCC1. The molecule has 0 spiro atoms. The van der Waals surface area contributed by atoms with Crippen LogP contribution in [0.15, 0.2) is 6.07 Å². The standard InChI is InChI=1S/C32H43N3O8/c1-6-31(9-8-10-31)15-35(7-2)14-17-13-20(36)22-18(27(17)43-5)11-16-12-19-24(34(3)4)26(38)23(30(33)41)29(40)32(19,42)28(39)21(16)25(22)37/h13,16,19,21,23-24,36,42H,6-12,14-15H2,1-5H3,(H2,33,41)/t16-,19-,21?,23?,24-,32-/m0/s1. The number of nitrogens with zero attached hydrogens (tertiary/aromatic N) is 2. The normalized spacial score (nSPS) is 31.4. The fraction of sp³-hybridized carbons (Fsp3) is 0.656. The van der Waals surface area contributed by atoms with Crippen molar-refractivity contribution in [2.45, 2.75) is 70.6 Å². The maximum atomic E-state index is 14.0. The lowest BCUT2D eigenvalue weighted by molar-refractivity contribution is -0.181. The molecule has 4 aliphatic carbocycles. The first kappa shape index (κ1) is 31.3. The first-order valence-electron chi connectivity index (χ1n) is 15.2. The van der Waals surface area contributed by atoms with Crippen LogP contribution in [0, 0.1) is 29.1 Å². The van der Waals surface area contributed by atoms with Gasteiger partial charge < -0.3 is 20.7 Å². The largest absolute Gasteiger partial charge is 0.507 e. The number of hydrogen-bond donors (Lipinski definition) is 3. The number of amides is 1. The molecule has 0 aliphatic heterocycles. The van der Waals surface area contributed by atoms with E-state index in [-0.39, 0.29) is 29.6 Å². The summed E-state index contributed by atoms with van der Waals surface area (Å²) in [6.07, 6.45) is 4.85. The average Bonchev–Trinajstić information content (AvgIpc) is 2.91. The van der Waals surface area contributed by atoms with Gasteiger partial charge in [-0.3, -0.25) is 33.8 Å². The van der Waals surface area contributed by atoms with Crippen LogP contribution in [0.2, 0.25) is 0 Å². The number of primary amides is 1. The zero-order valence-corrected chi connectivity index (χ0v) is 25.6. The molecule has 1 amide bonds. The Kier molecular flexibility index (Phi) is 8.07. The number of fused-ring (bicyclic) bond motifs is 3. The van der Waals surface area contributed by atoms with Gasteiger partial charge >= 0.3 is 0 Å². The van der Waals surface area contributed by atoms with Gasteiger partial charge in [0.1, 0.15) is 11.5 Å². The van der Waals surface area contributed by atoms with E-state index in [1.807, 2.05) is 0 Å². The van der Waals surface area contributed by atoms with E-state index in [1.54, 1.807) is 14.1 Å². The number of nitrogens with two attached hydrogens (primary N) is 1. The van der Waals surface area contributed by atoms with E-state index >= 15 is 0 Å². The van der Waals surface area contributed by atoms with Crippen molar-refractivity contribution in [3.63, 3.8) is 0 Å². The van der Waals surface area contributed by atoms with Crippen molar-refractivity contribution in [2.24, 2.45) is 34.8 Å². The number of aromatic hydroxyl groups is 1. The Morgan fingerprint density at radius 2 is 1.81 bits per heavy atom. The van der Waals surface area contributed by atoms with Crippen molar-refractivity contribution in [3.05, 3.63) is 22.8 Å². The van der Waals surface area contributed by atoms with Crippen LogP contribution in [0.5, 0.6) is 11.5 Å². The topological polar surface area (TPSA) is 168 Å². The Bertz CT molecular complexity index is 1380. The van der Waals surface area contributed by atoms with Gasteiger partial charge in [-0.1, -0.05) is 20.3 Å². The molecule has 11 nitrogen and oxygen atoms in total. The summed E-state index contributed by atoms with van der Waals surface area (Å²) in [6.45, 7) is 6.52. The molecule has 43 heavy (non-hydrogen) atoms. The fourth-order valence-corrected chi connectivity index (χ4v) is 8.38. The number of benzene rings is 1. The lowest BCUT2D eigenvalue weighted by Crippen LogP contribution is -2.74. The van der Waals surface area contributed by atoms with Gasteiger partial charge in [-0.2, -0.15) is 0 Å². The highest BCUT2D eigenvalue weighted by Gasteiger charge is 2.69. The van der Waals surface area contributed by atoms with E-state index in [1.165, 1.54) is 37.3 Å². The number of rotatable bonds is 9. The number of likely N-dealkylation sites (N-methyl/N-ethyl adjacent to an activating group) is 1. The number of carbonyl (C=O) groups excluding carboxylic acids is 5. The van der Waals surface area contributed by atoms with Crippen LogP contribution >= 0.6 is 0 Å². The number of phenolic OH excluding ortho intramolecular Hbond substituents is 1. The lowest BCUT2D eigenvalue weighted by Gasteiger charge is -2.52. The summed E-state index contributed by atoms with van der Waals surface area (Å²) < 4.78 is 5.86. The summed E-state index contributed by atoms with van der Waals surface area (Å²) in [5, 5.41) is 22.9. The number of hydrogen-bond acceptors (Lipinski definition) is 10. The second kappa shape index (κ2) is 11.1. The maximum absolute atomic E-state index is 14.0. The Morgan fingerprint density at radius 1 is 1.14 bits per heavy atom. The molecule has 0 aromatic heterocycles. The lowest BCUT2D eigenvalue weighted by atomic mass is 9.52. The number of methoxy groups -OCH3 is 1. The fourth-order valence-electron chi connectivity index (χ4n) is 8.38. The predicted octanol–water partition coefficient (Wildman–Crippen LogP) is 1.28. The summed E-state index contributed by atoms with van der Waals surface area (Å²) >= 11 is 0. The molecule has 0 bridgehead atoms. The molecular weight excluding hydrogens is 554 g/mol. The van der Waals surface area contributed by atoms with Gasteiger partial charge in [-0.05, 0) is 70.1 Å². The molecule has 4 aliphatic rings. The molecule has 11 heteroatoms. The minimum atomic E-state index is -2.74. The average molecular weight is 598 g/mol. The van der Waals surface area contributed by atoms with Crippen LogP contribution in [0.25, 0.3) is 0 Å². The molecule has 5 rings (SSSR count). The van der Waals surface area contributed by atoms with E-state index < -0.39 is 64.4 Å². The molecule has 3 fully saturated rings. The molecule has 6 atom stereocenters. The zero-order chi connectivity index (χ0) is 31.6. The van der Waals surface area contributed by atoms with Crippen molar-refractivity contribution in [3.8, 4) is 11.5 Å². The molecule has 4 N–H and O–H groups in total. The third-order valence-corrected chi connectivity index (χ3v) is 10.9. The van der Waals surface area contributed by atoms with Crippen molar-refractivity contribution >= 4 is 29.0 Å². The van der Waals surface area contributed by atoms with Crippen LogP contribution < -0.4 is 10.5 Å². The smallest absolute Gasteiger partial charge is 0.235 e. The number of ether oxygens (including phenoxy) is 1. The van der Waals surface area contributed by atoms with Gasteiger partial charge in [0.2, 0.25) is 5.91 Å². The maximum Gasteiger partial charge on any atom is 0.235 e. The number of ketones is 4. The van der Waals surface area contributed by atoms with Crippen LogP contribution in [0.4, 0.5) is 0 Å². The van der Waals surface area contributed by atoms with Gasteiger partial charge in [0.05, 0.1) is 24.6 Å². The minimum absolute atomic E-state index is 0.00184. The molecule has 1 aromatic carbocycles. The third kappa shape index (κ3) is 4.62. The molecule has 0 heterocycles. The quantitative estimate of drug-likeness (QED) is 0.353. The van der Waals surface area contributed by atoms with Crippen molar-refractivity contribution < 1.29 is 38.9 Å². The van der Waals surface area contributed by atoms with Crippen LogP contribution in [-0.4, -0.2) is 95.0 Å². The number of phenols is 1. The third-order valence-electron chi connectivity index (χ3n) is 10.9. The summed E-state index contributed by atoms with van der Waals surface area (Å²) in [5.74, 6) is -10.1.